The maximum Gasteiger partial charge on any atom is 0.0866 e. The molecule has 2 rings (SSSR count). The molecule has 0 saturated carbocycles. The minimum Gasteiger partial charge on any atom is -0.373 e. The van der Waals surface area contributed by atoms with E-state index < -0.39 is 0 Å². The molecule has 0 aliphatic carbocycles. The summed E-state index contributed by atoms with van der Waals surface area (Å²) in [6.07, 6.45) is 1.46. The van der Waals surface area contributed by atoms with Gasteiger partial charge in [-0.15, -0.1) is 0 Å². The van der Waals surface area contributed by atoms with Crippen LogP contribution in [0.3, 0.4) is 0 Å². The summed E-state index contributed by atoms with van der Waals surface area (Å²) in [5.74, 6) is 1.34. The van der Waals surface area contributed by atoms with Crippen LogP contribution in [0.15, 0.2) is 30.3 Å². The normalized spacial score (nSPS) is 24.4. The summed E-state index contributed by atoms with van der Waals surface area (Å²) in [6.45, 7) is 7.54. The van der Waals surface area contributed by atoms with E-state index in [1.807, 2.05) is 0 Å². The number of rotatable bonds is 5. The van der Waals surface area contributed by atoms with Crippen molar-refractivity contribution < 1.29 is 4.74 Å². The first kappa shape index (κ1) is 12.6. The third-order valence-corrected chi connectivity index (χ3v) is 3.30. The van der Waals surface area contributed by atoms with E-state index in [9.17, 15) is 0 Å². The largest absolute Gasteiger partial charge is 0.373 e. The molecule has 2 nitrogen and oxygen atoms in total. The highest BCUT2D eigenvalue weighted by atomic mass is 16.5. The third kappa shape index (κ3) is 3.55. The Kier molecular flexibility index (Phi) is 4.57. The second kappa shape index (κ2) is 6.18. The number of ether oxygens (including phenoxy) is 1. The summed E-state index contributed by atoms with van der Waals surface area (Å²) in [5.41, 5.74) is 1.32. The van der Waals surface area contributed by atoms with Gasteiger partial charge in [0, 0.05) is 19.1 Å². The van der Waals surface area contributed by atoms with Gasteiger partial charge < -0.3 is 10.1 Å². The fourth-order valence-electron chi connectivity index (χ4n) is 2.41. The van der Waals surface area contributed by atoms with Crippen molar-refractivity contribution in [3.63, 3.8) is 0 Å². The van der Waals surface area contributed by atoms with Crippen molar-refractivity contribution in [2.45, 2.75) is 26.4 Å². The lowest BCUT2D eigenvalue weighted by Gasteiger charge is -2.20. The van der Waals surface area contributed by atoms with E-state index in [0.29, 0.717) is 11.8 Å². The van der Waals surface area contributed by atoms with E-state index in [2.05, 4.69) is 49.5 Å². The average molecular weight is 233 g/mol. The first-order valence-corrected chi connectivity index (χ1v) is 6.64. The fourth-order valence-corrected chi connectivity index (χ4v) is 2.41. The Bertz CT molecular complexity index is 323. The molecule has 17 heavy (non-hydrogen) atoms. The summed E-state index contributed by atoms with van der Waals surface area (Å²) in [7, 11) is 0. The zero-order valence-corrected chi connectivity index (χ0v) is 10.9. The molecule has 94 valence electrons. The van der Waals surface area contributed by atoms with Gasteiger partial charge in [-0.3, -0.25) is 0 Å². The van der Waals surface area contributed by atoms with E-state index in [4.69, 9.17) is 4.74 Å². The van der Waals surface area contributed by atoms with Crippen LogP contribution < -0.4 is 5.32 Å². The quantitative estimate of drug-likeness (QED) is 0.844. The smallest absolute Gasteiger partial charge is 0.0866 e. The summed E-state index contributed by atoms with van der Waals surface area (Å²) in [6, 6.07) is 10.6. The topological polar surface area (TPSA) is 21.3 Å². The van der Waals surface area contributed by atoms with E-state index in [-0.39, 0.29) is 6.10 Å². The number of benzene rings is 1. The van der Waals surface area contributed by atoms with Crippen molar-refractivity contribution in [3.05, 3.63) is 35.9 Å². The van der Waals surface area contributed by atoms with Gasteiger partial charge >= 0.3 is 0 Å². The van der Waals surface area contributed by atoms with Gasteiger partial charge in [0.15, 0.2) is 0 Å². The molecular weight excluding hydrogens is 210 g/mol. The first-order valence-electron chi connectivity index (χ1n) is 6.64. The third-order valence-electron chi connectivity index (χ3n) is 3.30. The van der Waals surface area contributed by atoms with Gasteiger partial charge in [0.1, 0.15) is 0 Å². The van der Waals surface area contributed by atoms with Crippen LogP contribution in [-0.4, -0.2) is 19.7 Å². The van der Waals surface area contributed by atoms with Crippen LogP contribution in [0.4, 0.5) is 0 Å². The molecule has 1 aliphatic rings. The molecule has 1 N–H and O–H groups in total. The lowest BCUT2D eigenvalue weighted by molar-refractivity contribution is 0.0904. The second-order valence-corrected chi connectivity index (χ2v) is 5.30. The van der Waals surface area contributed by atoms with Gasteiger partial charge in [-0.05, 0) is 24.4 Å². The van der Waals surface area contributed by atoms with Crippen LogP contribution >= 0.6 is 0 Å². The number of hydrogen-bond acceptors (Lipinski definition) is 2. The Morgan fingerprint density at radius 3 is 2.76 bits per heavy atom. The minimum absolute atomic E-state index is 0.288. The minimum atomic E-state index is 0.288. The molecule has 0 amide bonds. The van der Waals surface area contributed by atoms with Gasteiger partial charge in [0.2, 0.25) is 0 Å². The molecule has 0 spiro atoms. The summed E-state index contributed by atoms with van der Waals surface area (Å²) >= 11 is 0. The molecule has 1 aliphatic heterocycles. The molecule has 2 heteroatoms. The molecular formula is C15H23NO. The maximum atomic E-state index is 5.87. The highest BCUT2D eigenvalue weighted by Gasteiger charge is 2.28. The summed E-state index contributed by atoms with van der Waals surface area (Å²) < 4.78 is 5.87. The van der Waals surface area contributed by atoms with Crippen molar-refractivity contribution >= 4 is 0 Å². The van der Waals surface area contributed by atoms with E-state index in [1.165, 1.54) is 12.0 Å². The molecule has 2 unspecified atom stereocenters. The molecule has 0 radical (unpaired) electrons. The van der Waals surface area contributed by atoms with Gasteiger partial charge in [-0.2, -0.15) is 0 Å². The zero-order valence-electron chi connectivity index (χ0n) is 10.9. The maximum absolute atomic E-state index is 5.87. The van der Waals surface area contributed by atoms with Crippen LogP contribution in [0.5, 0.6) is 0 Å². The van der Waals surface area contributed by atoms with Gasteiger partial charge in [-0.1, -0.05) is 44.2 Å². The van der Waals surface area contributed by atoms with Crippen LogP contribution in [0.25, 0.3) is 0 Å². The molecule has 0 aromatic heterocycles. The van der Waals surface area contributed by atoms with E-state index in [0.717, 1.165) is 19.7 Å². The van der Waals surface area contributed by atoms with Crippen molar-refractivity contribution in [3.8, 4) is 0 Å². The SMILES string of the molecule is CC(C)CNCC1CCOC1c1ccccc1. The Hall–Kier alpha value is -0.860. The average Bonchev–Trinajstić information content (AvgIpc) is 2.78. The van der Waals surface area contributed by atoms with Crippen LogP contribution in [-0.2, 0) is 4.74 Å². The monoisotopic (exact) mass is 233 g/mol. The van der Waals surface area contributed by atoms with Crippen LogP contribution in [0.1, 0.15) is 31.9 Å². The molecule has 2 atom stereocenters. The number of nitrogens with one attached hydrogen (secondary N) is 1. The lowest BCUT2D eigenvalue weighted by atomic mass is 9.95. The molecule has 1 aromatic carbocycles. The fraction of sp³-hybridized carbons (Fsp3) is 0.600. The molecule has 1 fully saturated rings. The van der Waals surface area contributed by atoms with Crippen molar-refractivity contribution in [2.24, 2.45) is 11.8 Å². The van der Waals surface area contributed by atoms with E-state index in [1.54, 1.807) is 0 Å². The van der Waals surface area contributed by atoms with E-state index >= 15 is 0 Å². The predicted molar refractivity (Wildman–Crippen MR) is 70.9 cm³/mol. The zero-order chi connectivity index (χ0) is 12.1. The first-order chi connectivity index (χ1) is 8.27. The Morgan fingerprint density at radius 1 is 1.29 bits per heavy atom. The van der Waals surface area contributed by atoms with Crippen LogP contribution in [0, 0.1) is 11.8 Å². The highest BCUT2D eigenvalue weighted by molar-refractivity contribution is 5.19. The predicted octanol–water partition coefficient (Wildman–Crippen LogP) is 3.01. The molecule has 1 heterocycles. The van der Waals surface area contributed by atoms with Crippen molar-refractivity contribution in [1.29, 1.82) is 0 Å². The Morgan fingerprint density at radius 2 is 2.06 bits per heavy atom. The van der Waals surface area contributed by atoms with Gasteiger partial charge in [0.25, 0.3) is 0 Å². The van der Waals surface area contributed by atoms with Crippen molar-refractivity contribution in [1.82, 2.24) is 5.32 Å². The molecule has 1 aromatic rings. The summed E-state index contributed by atoms with van der Waals surface area (Å²) in [5, 5.41) is 3.55. The standard InChI is InChI=1S/C15H23NO/c1-12(2)10-16-11-14-8-9-17-15(14)13-6-4-3-5-7-13/h3-7,12,14-16H,8-11H2,1-2H3. The summed E-state index contributed by atoms with van der Waals surface area (Å²) in [4.78, 5) is 0. The number of hydrogen-bond donors (Lipinski definition) is 1. The highest BCUT2D eigenvalue weighted by Crippen LogP contribution is 2.33. The Labute approximate surface area is 104 Å². The molecule has 1 saturated heterocycles. The molecule has 0 bridgehead atoms. The second-order valence-electron chi connectivity index (χ2n) is 5.30. The van der Waals surface area contributed by atoms with Crippen molar-refractivity contribution in [2.75, 3.05) is 19.7 Å². The van der Waals surface area contributed by atoms with Crippen LogP contribution in [0.2, 0.25) is 0 Å². The Balaban J connectivity index is 1.89. The lowest BCUT2D eigenvalue weighted by Crippen LogP contribution is -2.27. The van der Waals surface area contributed by atoms with Gasteiger partial charge in [0.05, 0.1) is 6.10 Å². The van der Waals surface area contributed by atoms with Gasteiger partial charge in [-0.25, -0.2) is 0 Å².